The van der Waals surface area contributed by atoms with Gasteiger partial charge < -0.3 is 24.2 Å². The molecule has 118 valence electrons. The third-order valence-corrected chi connectivity index (χ3v) is 3.15. The largest absolute Gasteiger partial charge is 0.444 e. The van der Waals surface area contributed by atoms with Crippen molar-refractivity contribution in [2.45, 2.75) is 44.8 Å². The van der Waals surface area contributed by atoms with Crippen molar-refractivity contribution in [2.75, 3.05) is 40.0 Å². The van der Waals surface area contributed by atoms with Crippen LogP contribution in [0, 0.1) is 0 Å². The summed E-state index contributed by atoms with van der Waals surface area (Å²) in [5.74, 6) is 0. The number of likely N-dealkylation sites (tertiary alicyclic amines) is 1. The minimum absolute atomic E-state index is 0.276. The molecular formula is C14H27NO5. The summed E-state index contributed by atoms with van der Waals surface area (Å²) in [4.78, 5) is 13.5. The molecule has 0 radical (unpaired) electrons. The lowest BCUT2D eigenvalue weighted by molar-refractivity contribution is -0.0871. The minimum atomic E-state index is -0.855. The van der Waals surface area contributed by atoms with Crippen LogP contribution in [0.1, 0.15) is 33.6 Å². The van der Waals surface area contributed by atoms with Gasteiger partial charge in [0.1, 0.15) is 5.60 Å². The van der Waals surface area contributed by atoms with Crippen molar-refractivity contribution in [1.29, 1.82) is 0 Å². The Bertz CT molecular complexity index is 305. The summed E-state index contributed by atoms with van der Waals surface area (Å²) < 4.78 is 15.6. The summed E-state index contributed by atoms with van der Waals surface area (Å²) in [6, 6.07) is 0. The summed E-state index contributed by atoms with van der Waals surface area (Å²) in [7, 11) is 1.61. The molecule has 0 unspecified atom stereocenters. The van der Waals surface area contributed by atoms with Gasteiger partial charge in [0.2, 0.25) is 0 Å². The number of carbonyl (C=O) groups excluding carboxylic acids is 1. The second-order valence-electron chi connectivity index (χ2n) is 6.24. The Morgan fingerprint density at radius 3 is 2.35 bits per heavy atom. The van der Waals surface area contributed by atoms with E-state index in [-0.39, 0.29) is 12.7 Å². The maximum absolute atomic E-state index is 11.9. The van der Waals surface area contributed by atoms with Gasteiger partial charge in [-0.15, -0.1) is 0 Å². The molecule has 0 spiro atoms. The van der Waals surface area contributed by atoms with Crippen LogP contribution >= 0.6 is 0 Å². The summed E-state index contributed by atoms with van der Waals surface area (Å²) in [5.41, 5.74) is -1.35. The normalized spacial score (nSPS) is 18.9. The molecule has 1 fully saturated rings. The van der Waals surface area contributed by atoms with Gasteiger partial charge in [-0.2, -0.15) is 0 Å². The first kappa shape index (κ1) is 17.2. The number of hydrogen-bond donors (Lipinski definition) is 1. The van der Waals surface area contributed by atoms with Gasteiger partial charge in [-0.1, -0.05) is 0 Å². The Morgan fingerprint density at radius 2 is 1.85 bits per heavy atom. The van der Waals surface area contributed by atoms with Crippen LogP contribution in [-0.2, 0) is 14.2 Å². The van der Waals surface area contributed by atoms with Crippen LogP contribution in [0.25, 0.3) is 0 Å². The number of nitrogens with zero attached hydrogens (tertiary/aromatic N) is 1. The van der Waals surface area contributed by atoms with E-state index in [9.17, 15) is 9.90 Å². The number of rotatable bonds is 5. The fourth-order valence-electron chi connectivity index (χ4n) is 1.98. The van der Waals surface area contributed by atoms with Crippen LogP contribution in [0.4, 0.5) is 4.79 Å². The van der Waals surface area contributed by atoms with Gasteiger partial charge in [0, 0.05) is 20.2 Å². The lowest BCUT2D eigenvalue weighted by atomic mass is 9.92. The maximum Gasteiger partial charge on any atom is 0.410 e. The Labute approximate surface area is 121 Å². The average Bonchev–Trinajstić information content (AvgIpc) is 2.33. The zero-order valence-electron chi connectivity index (χ0n) is 13.0. The van der Waals surface area contributed by atoms with Crippen molar-refractivity contribution in [3.05, 3.63) is 0 Å². The van der Waals surface area contributed by atoms with Gasteiger partial charge in [0.15, 0.2) is 0 Å². The molecule has 0 atom stereocenters. The van der Waals surface area contributed by atoms with E-state index < -0.39 is 11.2 Å². The number of methoxy groups -OCH3 is 1. The lowest BCUT2D eigenvalue weighted by Crippen LogP contribution is -2.50. The topological polar surface area (TPSA) is 68.2 Å². The zero-order chi connectivity index (χ0) is 15.2. The highest BCUT2D eigenvalue weighted by Gasteiger charge is 2.35. The quantitative estimate of drug-likeness (QED) is 0.775. The van der Waals surface area contributed by atoms with Gasteiger partial charge in [0.25, 0.3) is 0 Å². The van der Waals surface area contributed by atoms with Crippen molar-refractivity contribution < 1.29 is 24.1 Å². The molecule has 0 aromatic carbocycles. The van der Waals surface area contributed by atoms with E-state index in [1.165, 1.54) is 0 Å². The van der Waals surface area contributed by atoms with Crippen molar-refractivity contribution in [3.8, 4) is 0 Å². The SMILES string of the molecule is COCCOCC1(O)CCN(C(=O)OC(C)(C)C)CC1. The van der Waals surface area contributed by atoms with Crippen molar-refractivity contribution in [3.63, 3.8) is 0 Å². The first-order valence-corrected chi connectivity index (χ1v) is 7.03. The van der Waals surface area contributed by atoms with Crippen LogP contribution in [0.5, 0.6) is 0 Å². The molecule has 1 heterocycles. The van der Waals surface area contributed by atoms with Crippen molar-refractivity contribution >= 4 is 6.09 Å². The Hall–Kier alpha value is -0.850. The lowest BCUT2D eigenvalue weighted by Gasteiger charge is -2.38. The molecule has 0 aliphatic carbocycles. The molecule has 1 aliphatic heterocycles. The minimum Gasteiger partial charge on any atom is -0.444 e. The third kappa shape index (κ3) is 6.07. The summed E-state index contributed by atoms with van der Waals surface area (Å²) in [6.45, 7) is 7.75. The van der Waals surface area contributed by atoms with E-state index in [0.29, 0.717) is 39.1 Å². The summed E-state index contributed by atoms with van der Waals surface area (Å²) in [6.07, 6.45) is 0.679. The highest BCUT2D eigenvalue weighted by Crippen LogP contribution is 2.24. The van der Waals surface area contributed by atoms with Crippen molar-refractivity contribution in [1.82, 2.24) is 4.90 Å². The standard InChI is InChI=1S/C14H27NO5/c1-13(2,3)20-12(16)15-7-5-14(17,6-8-15)11-19-10-9-18-4/h17H,5-11H2,1-4H3. The van der Waals surface area contributed by atoms with E-state index >= 15 is 0 Å². The fraction of sp³-hybridized carbons (Fsp3) is 0.929. The number of piperidine rings is 1. The van der Waals surface area contributed by atoms with E-state index in [1.807, 2.05) is 20.8 Å². The second kappa shape index (κ2) is 7.24. The molecule has 6 heteroatoms. The molecule has 0 saturated carbocycles. The Balaban J connectivity index is 2.33. The van der Waals surface area contributed by atoms with Gasteiger partial charge in [-0.25, -0.2) is 4.79 Å². The molecule has 1 aliphatic rings. The highest BCUT2D eigenvalue weighted by molar-refractivity contribution is 5.68. The van der Waals surface area contributed by atoms with Gasteiger partial charge in [-0.05, 0) is 33.6 Å². The van der Waals surface area contributed by atoms with Crippen LogP contribution in [0.2, 0.25) is 0 Å². The summed E-state index contributed by atoms with van der Waals surface area (Å²) in [5, 5.41) is 10.4. The maximum atomic E-state index is 11.9. The number of carbonyl (C=O) groups is 1. The molecule has 0 aromatic heterocycles. The molecule has 20 heavy (non-hydrogen) atoms. The third-order valence-electron chi connectivity index (χ3n) is 3.15. The average molecular weight is 289 g/mol. The second-order valence-corrected chi connectivity index (χ2v) is 6.24. The van der Waals surface area contributed by atoms with Crippen LogP contribution in [0.3, 0.4) is 0 Å². The van der Waals surface area contributed by atoms with E-state index in [1.54, 1.807) is 12.0 Å². The first-order valence-electron chi connectivity index (χ1n) is 7.03. The number of amides is 1. The van der Waals surface area contributed by atoms with Crippen LogP contribution in [0.15, 0.2) is 0 Å². The molecule has 1 N–H and O–H groups in total. The Kier molecular flexibility index (Phi) is 6.23. The zero-order valence-corrected chi connectivity index (χ0v) is 13.0. The fourth-order valence-corrected chi connectivity index (χ4v) is 1.98. The van der Waals surface area contributed by atoms with Crippen molar-refractivity contribution in [2.24, 2.45) is 0 Å². The van der Waals surface area contributed by atoms with E-state index in [0.717, 1.165) is 0 Å². The summed E-state index contributed by atoms with van der Waals surface area (Å²) >= 11 is 0. The molecule has 1 amide bonds. The Morgan fingerprint density at radius 1 is 1.25 bits per heavy atom. The smallest absolute Gasteiger partial charge is 0.410 e. The first-order chi connectivity index (χ1) is 9.26. The monoisotopic (exact) mass is 289 g/mol. The number of ether oxygens (including phenoxy) is 3. The molecule has 1 saturated heterocycles. The van der Waals surface area contributed by atoms with E-state index in [2.05, 4.69) is 0 Å². The van der Waals surface area contributed by atoms with Crippen LogP contribution in [-0.4, -0.2) is 67.3 Å². The molecule has 0 aromatic rings. The molecular weight excluding hydrogens is 262 g/mol. The predicted octanol–water partition coefficient (Wildman–Crippen LogP) is 1.41. The highest BCUT2D eigenvalue weighted by atomic mass is 16.6. The molecule has 6 nitrogen and oxygen atoms in total. The van der Waals surface area contributed by atoms with Gasteiger partial charge in [0.05, 0.1) is 25.4 Å². The van der Waals surface area contributed by atoms with Gasteiger partial charge in [-0.3, -0.25) is 0 Å². The predicted molar refractivity (Wildman–Crippen MR) is 74.7 cm³/mol. The molecule has 0 bridgehead atoms. The number of hydrogen-bond acceptors (Lipinski definition) is 5. The number of aliphatic hydroxyl groups is 1. The van der Waals surface area contributed by atoms with Gasteiger partial charge >= 0.3 is 6.09 Å². The van der Waals surface area contributed by atoms with E-state index in [4.69, 9.17) is 14.2 Å². The van der Waals surface area contributed by atoms with Crippen LogP contribution < -0.4 is 0 Å². The molecule has 1 rings (SSSR count).